The van der Waals surface area contributed by atoms with Gasteiger partial charge < -0.3 is 10.1 Å². The van der Waals surface area contributed by atoms with E-state index in [0.717, 1.165) is 35.6 Å². The maximum Gasteiger partial charge on any atom is 0.123 e. The predicted molar refractivity (Wildman–Crippen MR) is 82.9 cm³/mol. The van der Waals surface area contributed by atoms with Crippen LogP contribution in [0.25, 0.3) is 0 Å². The first kappa shape index (κ1) is 14.4. The van der Waals surface area contributed by atoms with Gasteiger partial charge in [-0.3, -0.25) is 0 Å². The van der Waals surface area contributed by atoms with Gasteiger partial charge in [0.1, 0.15) is 5.75 Å². The summed E-state index contributed by atoms with van der Waals surface area (Å²) in [5.74, 6) is 3.61. The summed E-state index contributed by atoms with van der Waals surface area (Å²) >= 11 is 0. The molecule has 0 heterocycles. The van der Waals surface area contributed by atoms with Gasteiger partial charge in [-0.2, -0.15) is 5.26 Å². The molecule has 2 aliphatic rings. The molecular weight excluding hydrogens is 260 g/mol. The standard InChI is InChI=1S/C18H24N2O/c1-12(17-9-13-3-5-15(17)7-13)20-11-16-8-14(10-19)4-6-18(16)21-2/h4,6,8,12-13,15,17,20H,3,5,7,9,11H2,1-2H3. The van der Waals surface area contributed by atoms with Crippen molar-refractivity contribution < 1.29 is 4.74 Å². The van der Waals surface area contributed by atoms with Gasteiger partial charge in [-0.05, 0) is 62.1 Å². The van der Waals surface area contributed by atoms with Crippen molar-refractivity contribution >= 4 is 0 Å². The van der Waals surface area contributed by atoms with E-state index in [-0.39, 0.29) is 0 Å². The van der Waals surface area contributed by atoms with Gasteiger partial charge in [-0.25, -0.2) is 0 Å². The average Bonchev–Trinajstić information content (AvgIpc) is 3.15. The molecule has 21 heavy (non-hydrogen) atoms. The van der Waals surface area contributed by atoms with E-state index in [1.807, 2.05) is 18.2 Å². The van der Waals surface area contributed by atoms with Crippen molar-refractivity contribution in [3.05, 3.63) is 29.3 Å². The summed E-state index contributed by atoms with van der Waals surface area (Å²) in [5.41, 5.74) is 1.77. The molecule has 0 aromatic heterocycles. The minimum Gasteiger partial charge on any atom is -0.496 e. The molecule has 3 nitrogen and oxygen atoms in total. The summed E-state index contributed by atoms with van der Waals surface area (Å²) in [6.07, 6.45) is 5.72. The van der Waals surface area contributed by atoms with E-state index in [2.05, 4.69) is 18.3 Å². The van der Waals surface area contributed by atoms with Crippen molar-refractivity contribution in [2.24, 2.45) is 17.8 Å². The highest BCUT2D eigenvalue weighted by Gasteiger charge is 2.41. The normalized spacial score (nSPS) is 28.3. The first-order chi connectivity index (χ1) is 10.2. The number of nitrogens with zero attached hydrogens (tertiary/aromatic N) is 1. The number of rotatable bonds is 5. The molecule has 2 fully saturated rings. The molecule has 1 aromatic carbocycles. The van der Waals surface area contributed by atoms with Crippen molar-refractivity contribution in [3.63, 3.8) is 0 Å². The number of nitrogens with one attached hydrogen (secondary N) is 1. The molecule has 4 unspecified atom stereocenters. The Morgan fingerprint density at radius 3 is 2.86 bits per heavy atom. The van der Waals surface area contributed by atoms with Crippen LogP contribution in [0.5, 0.6) is 5.75 Å². The largest absolute Gasteiger partial charge is 0.496 e. The summed E-state index contributed by atoms with van der Waals surface area (Å²) in [6.45, 7) is 3.08. The molecule has 0 saturated heterocycles. The lowest BCUT2D eigenvalue weighted by molar-refractivity contribution is 0.258. The van der Waals surface area contributed by atoms with E-state index >= 15 is 0 Å². The highest BCUT2D eigenvalue weighted by Crippen LogP contribution is 2.49. The van der Waals surface area contributed by atoms with Gasteiger partial charge in [0, 0.05) is 18.2 Å². The Bertz CT molecular complexity index is 549. The van der Waals surface area contributed by atoms with E-state index in [4.69, 9.17) is 10.00 Å². The maximum absolute atomic E-state index is 9.04. The number of ether oxygens (including phenoxy) is 1. The van der Waals surface area contributed by atoms with E-state index in [9.17, 15) is 0 Å². The second kappa shape index (κ2) is 6.07. The molecule has 1 N–H and O–H groups in total. The first-order valence-corrected chi connectivity index (χ1v) is 8.01. The first-order valence-electron chi connectivity index (χ1n) is 8.01. The van der Waals surface area contributed by atoms with Gasteiger partial charge in [0.05, 0.1) is 18.7 Å². The molecule has 4 atom stereocenters. The molecule has 0 amide bonds. The molecule has 0 radical (unpaired) electrons. The second-order valence-electron chi connectivity index (χ2n) is 6.65. The van der Waals surface area contributed by atoms with Crippen LogP contribution in [0, 0.1) is 29.1 Å². The number of methoxy groups -OCH3 is 1. The summed E-state index contributed by atoms with van der Waals surface area (Å²) < 4.78 is 5.40. The van der Waals surface area contributed by atoms with Crippen LogP contribution >= 0.6 is 0 Å². The van der Waals surface area contributed by atoms with Crippen LogP contribution < -0.4 is 10.1 Å². The van der Waals surface area contributed by atoms with E-state index in [0.29, 0.717) is 11.6 Å². The Hall–Kier alpha value is -1.53. The Morgan fingerprint density at radius 2 is 2.24 bits per heavy atom. The third-order valence-corrected chi connectivity index (χ3v) is 5.46. The van der Waals surface area contributed by atoms with Gasteiger partial charge in [-0.1, -0.05) is 6.42 Å². The fourth-order valence-corrected chi connectivity index (χ4v) is 4.31. The topological polar surface area (TPSA) is 45.0 Å². The zero-order chi connectivity index (χ0) is 14.8. The molecule has 112 valence electrons. The third kappa shape index (κ3) is 2.91. The lowest BCUT2D eigenvalue weighted by atomic mass is 9.84. The summed E-state index contributed by atoms with van der Waals surface area (Å²) in [5, 5.41) is 12.7. The number of hydrogen-bond acceptors (Lipinski definition) is 3. The Balaban J connectivity index is 1.63. The molecule has 3 heteroatoms. The van der Waals surface area contributed by atoms with Crippen molar-refractivity contribution in [1.82, 2.24) is 5.32 Å². The fraction of sp³-hybridized carbons (Fsp3) is 0.611. The lowest BCUT2D eigenvalue weighted by Crippen LogP contribution is -2.35. The van der Waals surface area contributed by atoms with Gasteiger partial charge in [0.2, 0.25) is 0 Å². The minimum atomic E-state index is 0.538. The van der Waals surface area contributed by atoms with Crippen molar-refractivity contribution in [3.8, 4) is 11.8 Å². The number of hydrogen-bond donors (Lipinski definition) is 1. The van der Waals surface area contributed by atoms with Gasteiger partial charge >= 0.3 is 0 Å². The van der Waals surface area contributed by atoms with E-state index < -0.39 is 0 Å². The van der Waals surface area contributed by atoms with Crippen LogP contribution in [0.2, 0.25) is 0 Å². The Labute approximate surface area is 127 Å². The molecule has 3 rings (SSSR count). The van der Waals surface area contributed by atoms with Crippen molar-refractivity contribution in [1.29, 1.82) is 5.26 Å². The highest BCUT2D eigenvalue weighted by molar-refractivity contribution is 5.42. The van der Waals surface area contributed by atoms with Crippen LogP contribution in [0.15, 0.2) is 18.2 Å². The van der Waals surface area contributed by atoms with Crippen LogP contribution in [-0.2, 0) is 6.54 Å². The lowest BCUT2D eigenvalue weighted by Gasteiger charge is -2.29. The fourth-order valence-electron chi connectivity index (χ4n) is 4.31. The smallest absolute Gasteiger partial charge is 0.123 e. The van der Waals surface area contributed by atoms with E-state index in [1.54, 1.807) is 7.11 Å². The number of fused-ring (bicyclic) bond motifs is 2. The summed E-state index contributed by atoms with van der Waals surface area (Å²) in [6, 6.07) is 8.36. The molecule has 2 bridgehead atoms. The monoisotopic (exact) mass is 284 g/mol. The average molecular weight is 284 g/mol. The molecule has 0 spiro atoms. The van der Waals surface area contributed by atoms with Crippen LogP contribution in [0.4, 0.5) is 0 Å². The van der Waals surface area contributed by atoms with Crippen molar-refractivity contribution in [2.75, 3.05) is 7.11 Å². The quantitative estimate of drug-likeness (QED) is 0.900. The Morgan fingerprint density at radius 1 is 1.38 bits per heavy atom. The maximum atomic E-state index is 9.04. The highest BCUT2D eigenvalue weighted by atomic mass is 16.5. The zero-order valence-electron chi connectivity index (χ0n) is 12.9. The molecular formula is C18H24N2O. The van der Waals surface area contributed by atoms with Crippen LogP contribution in [0.3, 0.4) is 0 Å². The van der Waals surface area contributed by atoms with Crippen molar-refractivity contribution in [2.45, 2.75) is 45.2 Å². The predicted octanol–water partition coefficient (Wildman–Crippen LogP) is 3.48. The Kier molecular flexibility index (Phi) is 4.17. The van der Waals surface area contributed by atoms with E-state index in [1.165, 1.54) is 25.7 Å². The zero-order valence-corrected chi connectivity index (χ0v) is 12.9. The number of nitriles is 1. The second-order valence-corrected chi connectivity index (χ2v) is 6.65. The SMILES string of the molecule is COc1ccc(C#N)cc1CNC(C)C1CC2CCC1C2. The van der Waals surface area contributed by atoms with Gasteiger partial charge in [-0.15, -0.1) is 0 Å². The molecule has 2 aliphatic carbocycles. The van der Waals surface area contributed by atoms with Gasteiger partial charge in [0.15, 0.2) is 0 Å². The molecule has 2 saturated carbocycles. The van der Waals surface area contributed by atoms with Gasteiger partial charge in [0.25, 0.3) is 0 Å². The third-order valence-electron chi connectivity index (χ3n) is 5.46. The molecule has 0 aliphatic heterocycles. The molecule has 1 aromatic rings. The summed E-state index contributed by atoms with van der Waals surface area (Å²) in [7, 11) is 1.68. The number of benzene rings is 1. The minimum absolute atomic E-state index is 0.538. The summed E-state index contributed by atoms with van der Waals surface area (Å²) in [4.78, 5) is 0. The van der Waals surface area contributed by atoms with Crippen LogP contribution in [0.1, 0.15) is 43.7 Å². The van der Waals surface area contributed by atoms with Crippen LogP contribution in [-0.4, -0.2) is 13.2 Å².